The largest absolute Gasteiger partial charge is 0.468 e. The molecule has 32 heavy (non-hydrogen) atoms. The molecule has 2 aliphatic rings. The summed E-state index contributed by atoms with van der Waals surface area (Å²) in [5, 5.41) is 3.27. The van der Waals surface area contributed by atoms with Crippen molar-refractivity contribution in [3.63, 3.8) is 0 Å². The first-order chi connectivity index (χ1) is 15.2. The highest BCUT2D eigenvalue weighted by Crippen LogP contribution is 2.45. The molecule has 1 N–H and O–H groups in total. The van der Waals surface area contributed by atoms with Crippen molar-refractivity contribution in [2.45, 2.75) is 39.5 Å². The molecule has 7 heteroatoms. The van der Waals surface area contributed by atoms with Crippen LogP contribution in [0.25, 0.3) is 0 Å². The topological polar surface area (TPSA) is 84.9 Å². The van der Waals surface area contributed by atoms with Crippen molar-refractivity contribution in [3.8, 4) is 0 Å². The minimum atomic E-state index is -0.893. The van der Waals surface area contributed by atoms with Crippen molar-refractivity contribution >= 4 is 23.4 Å². The first-order valence-electron chi connectivity index (χ1n) is 11.0. The van der Waals surface area contributed by atoms with E-state index in [2.05, 4.69) is 5.32 Å². The van der Waals surface area contributed by atoms with Gasteiger partial charge in [-0.2, -0.15) is 0 Å². The molecule has 0 spiro atoms. The van der Waals surface area contributed by atoms with Gasteiger partial charge in [-0.1, -0.05) is 26.0 Å². The number of benzene rings is 1. The van der Waals surface area contributed by atoms with E-state index >= 15 is 0 Å². The molecule has 0 saturated carbocycles. The third kappa shape index (κ3) is 4.29. The number of nitrogens with one attached hydrogen (secondary N) is 1. The second-order valence-electron chi connectivity index (χ2n) is 8.66. The van der Waals surface area contributed by atoms with Crippen molar-refractivity contribution in [1.82, 2.24) is 5.32 Å². The molecule has 0 fully saturated rings. The Morgan fingerprint density at radius 3 is 2.41 bits per heavy atom. The van der Waals surface area contributed by atoms with Gasteiger partial charge < -0.3 is 19.7 Å². The van der Waals surface area contributed by atoms with Gasteiger partial charge in [-0.25, -0.2) is 4.79 Å². The first kappa shape index (κ1) is 23.6. The van der Waals surface area contributed by atoms with Gasteiger partial charge in [0.25, 0.3) is 0 Å². The predicted octanol–water partition coefficient (Wildman–Crippen LogP) is 3.32. The van der Waals surface area contributed by atoms with Crippen LogP contribution in [0.1, 0.15) is 45.1 Å². The Kier molecular flexibility index (Phi) is 7.06. The summed E-state index contributed by atoms with van der Waals surface area (Å²) in [7, 11) is 5.19. The molecule has 1 aliphatic carbocycles. The Morgan fingerprint density at radius 1 is 1.19 bits per heavy atom. The average molecular weight is 441 g/mol. The smallest absolute Gasteiger partial charge is 0.336 e. The third-order valence-electron chi connectivity index (χ3n) is 6.14. The summed E-state index contributed by atoms with van der Waals surface area (Å²) in [6.07, 6.45) is 1.21. The summed E-state index contributed by atoms with van der Waals surface area (Å²) in [6.45, 7) is 5.92. The number of ether oxygens (including phenoxy) is 2. The lowest BCUT2D eigenvalue weighted by atomic mass is 9.69. The number of esters is 2. The SMILES string of the molecule is CCCOC(=O)C1=C(C)NC2=C(C(=O)[C@H](C(=O)OC)[C@H](C)C2)[C@@H]1c1ccc(N(C)C)cc1. The van der Waals surface area contributed by atoms with Crippen LogP contribution in [0, 0.1) is 11.8 Å². The summed E-state index contributed by atoms with van der Waals surface area (Å²) in [6, 6.07) is 7.76. The maximum atomic E-state index is 13.6. The zero-order valence-corrected chi connectivity index (χ0v) is 19.7. The number of anilines is 1. The highest BCUT2D eigenvalue weighted by Gasteiger charge is 2.47. The zero-order chi connectivity index (χ0) is 23.6. The molecule has 172 valence electrons. The van der Waals surface area contributed by atoms with Gasteiger partial charge >= 0.3 is 11.9 Å². The van der Waals surface area contributed by atoms with E-state index < -0.39 is 23.8 Å². The number of allylic oxidation sites excluding steroid dienone is 3. The quantitative estimate of drug-likeness (QED) is 0.537. The second kappa shape index (κ2) is 9.59. The van der Waals surface area contributed by atoms with Crippen LogP contribution in [0.15, 0.2) is 46.8 Å². The van der Waals surface area contributed by atoms with E-state index in [1.54, 1.807) is 0 Å². The van der Waals surface area contributed by atoms with Crippen LogP contribution in [0.5, 0.6) is 0 Å². The molecular weight excluding hydrogens is 408 g/mol. The van der Waals surface area contributed by atoms with Crippen LogP contribution in [0.3, 0.4) is 0 Å². The average Bonchev–Trinajstić information content (AvgIpc) is 2.76. The Hall–Kier alpha value is -3.09. The van der Waals surface area contributed by atoms with Gasteiger partial charge in [0.2, 0.25) is 0 Å². The number of nitrogens with zero attached hydrogens (tertiary/aromatic N) is 1. The normalized spacial score (nSPS) is 22.8. The van der Waals surface area contributed by atoms with Crippen molar-refractivity contribution in [3.05, 3.63) is 52.4 Å². The maximum absolute atomic E-state index is 13.6. The van der Waals surface area contributed by atoms with Gasteiger partial charge in [0.05, 0.1) is 19.3 Å². The maximum Gasteiger partial charge on any atom is 0.336 e. The number of Topliss-reactive ketones (excluding diaryl/α,β-unsaturated/α-hetero) is 1. The van der Waals surface area contributed by atoms with Crippen LogP contribution in [0.4, 0.5) is 5.69 Å². The molecule has 0 bridgehead atoms. The number of hydrogen-bond acceptors (Lipinski definition) is 7. The second-order valence-corrected chi connectivity index (χ2v) is 8.66. The number of methoxy groups -OCH3 is 1. The molecule has 1 heterocycles. The molecule has 0 unspecified atom stereocenters. The monoisotopic (exact) mass is 440 g/mol. The van der Waals surface area contributed by atoms with E-state index in [-0.39, 0.29) is 11.7 Å². The minimum Gasteiger partial charge on any atom is -0.468 e. The molecule has 0 aromatic heterocycles. The highest BCUT2D eigenvalue weighted by molar-refractivity contribution is 6.12. The molecule has 3 rings (SSSR count). The minimum absolute atomic E-state index is 0.209. The van der Waals surface area contributed by atoms with Gasteiger partial charge in [0.1, 0.15) is 5.92 Å². The number of hydrogen-bond donors (Lipinski definition) is 1. The standard InChI is InChI=1S/C25H32N2O5/c1-7-12-32-25(30)20-15(3)26-18-13-14(2)19(24(29)31-6)23(28)22(18)21(20)16-8-10-17(11-9-16)27(4)5/h8-11,14,19,21,26H,7,12-13H2,1-6H3/t14-,19-,21-/m1/s1. The van der Waals surface area contributed by atoms with E-state index in [0.29, 0.717) is 36.3 Å². The first-order valence-corrected chi connectivity index (χ1v) is 11.0. The summed E-state index contributed by atoms with van der Waals surface area (Å²) < 4.78 is 10.4. The lowest BCUT2D eigenvalue weighted by molar-refractivity contribution is -0.151. The summed E-state index contributed by atoms with van der Waals surface area (Å²) >= 11 is 0. The van der Waals surface area contributed by atoms with E-state index in [9.17, 15) is 14.4 Å². The van der Waals surface area contributed by atoms with Gasteiger partial charge in [0, 0.05) is 42.7 Å². The van der Waals surface area contributed by atoms with Crippen molar-refractivity contribution in [2.24, 2.45) is 11.8 Å². The lowest BCUT2D eigenvalue weighted by Crippen LogP contribution is -2.43. The van der Waals surface area contributed by atoms with E-state index in [0.717, 1.165) is 16.9 Å². The fourth-order valence-electron chi connectivity index (χ4n) is 4.52. The molecule has 0 radical (unpaired) electrons. The summed E-state index contributed by atoms with van der Waals surface area (Å²) in [5.41, 5.74) is 4.09. The van der Waals surface area contributed by atoms with Gasteiger partial charge in [-0.3, -0.25) is 9.59 Å². The molecule has 3 atom stereocenters. The number of carbonyl (C=O) groups is 3. The van der Waals surface area contributed by atoms with Crippen LogP contribution in [0.2, 0.25) is 0 Å². The molecule has 1 aliphatic heterocycles. The number of ketones is 1. The lowest BCUT2D eigenvalue weighted by Gasteiger charge is -2.38. The number of carbonyl (C=O) groups excluding carboxylic acids is 3. The van der Waals surface area contributed by atoms with Gasteiger partial charge in [0.15, 0.2) is 5.78 Å². The van der Waals surface area contributed by atoms with Crippen molar-refractivity contribution < 1.29 is 23.9 Å². The number of dihydropyridines is 1. The van der Waals surface area contributed by atoms with Crippen molar-refractivity contribution in [2.75, 3.05) is 32.7 Å². The predicted molar refractivity (Wildman–Crippen MR) is 122 cm³/mol. The van der Waals surface area contributed by atoms with Crippen LogP contribution >= 0.6 is 0 Å². The van der Waals surface area contributed by atoms with Crippen LogP contribution in [-0.4, -0.2) is 45.5 Å². The van der Waals surface area contributed by atoms with E-state index in [1.807, 2.05) is 64.0 Å². The Bertz CT molecular complexity index is 975. The molecule has 1 aromatic carbocycles. The highest BCUT2D eigenvalue weighted by atomic mass is 16.5. The molecule has 0 amide bonds. The Labute approximate surface area is 189 Å². The molecular formula is C25H32N2O5. The van der Waals surface area contributed by atoms with Crippen molar-refractivity contribution in [1.29, 1.82) is 0 Å². The summed E-state index contributed by atoms with van der Waals surface area (Å²) in [4.78, 5) is 41.2. The fraction of sp³-hybridized carbons (Fsp3) is 0.480. The Balaban J connectivity index is 2.15. The van der Waals surface area contributed by atoms with Gasteiger partial charge in [-0.15, -0.1) is 0 Å². The molecule has 1 aromatic rings. The third-order valence-corrected chi connectivity index (χ3v) is 6.14. The molecule has 7 nitrogen and oxygen atoms in total. The zero-order valence-electron chi connectivity index (χ0n) is 19.7. The van der Waals surface area contributed by atoms with Crippen LogP contribution < -0.4 is 10.2 Å². The van der Waals surface area contributed by atoms with E-state index in [1.165, 1.54) is 7.11 Å². The summed E-state index contributed by atoms with van der Waals surface area (Å²) in [5.74, 6) is -3.01. The van der Waals surface area contributed by atoms with Gasteiger partial charge in [-0.05, 0) is 43.4 Å². The number of rotatable bonds is 6. The Morgan fingerprint density at radius 2 is 1.84 bits per heavy atom. The van der Waals surface area contributed by atoms with Crippen LogP contribution in [-0.2, 0) is 23.9 Å². The van der Waals surface area contributed by atoms with E-state index in [4.69, 9.17) is 9.47 Å². The fourth-order valence-corrected chi connectivity index (χ4v) is 4.52. The molecule has 0 saturated heterocycles.